The van der Waals surface area contributed by atoms with Gasteiger partial charge in [0, 0.05) is 11.3 Å². The van der Waals surface area contributed by atoms with E-state index in [0.717, 1.165) is 27.9 Å². The van der Waals surface area contributed by atoms with Crippen molar-refractivity contribution < 1.29 is 4.39 Å². The van der Waals surface area contributed by atoms with Crippen molar-refractivity contribution in [2.45, 2.75) is 17.5 Å². The molecule has 0 spiro atoms. The van der Waals surface area contributed by atoms with Gasteiger partial charge in [-0.15, -0.1) is 10.2 Å². The third-order valence-electron chi connectivity index (χ3n) is 5.24. The highest BCUT2D eigenvalue weighted by atomic mass is 32.2. The number of aromatic nitrogens is 3. The van der Waals surface area contributed by atoms with Crippen LogP contribution in [0.25, 0.3) is 22.2 Å². The van der Waals surface area contributed by atoms with Crippen LogP contribution in [0.15, 0.2) is 102 Å². The van der Waals surface area contributed by atoms with Gasteiger partial charge in [0.15, 0.2) is 11.0 Å². The molecule has 0 fully saturated rings. The minimum Gasteiger partial charge on any atom is -0.298 e. The van der Waals surface area contributed by atoms with Crippen molar-refractivity contribution in [3.63, 3.8) is 0 Å². The first-order valence-electron chi connectivity index (χ1n) is 10.1. The van der Waals surface area contributed by atoms with Crippen molar-refractivity contribution in [2.24, 2.45) is 0 Å². The Morgan fingerprint density at radius 3 is 2.32 bits per heavy atom. The maximum Gasteiger partial charge on any atom is 0.192 e. The maximum absolute atomic E-state index is 13.4. The Balaban J connectivity index is 1.49. The van der Waals surface area contributed by atoms with Crippen molar-refractivity contribution in [1.82, 2.24) is 14.8 Å². The smallest absolute Gasteiger partial charge is 0.192 e. The summed E-state index contributed by atoms with van der Waals surface area (Å²) in [6, 6.07) is 31.5. The number of hydrogen-bond donors (Lipinski definition) is 0. The topological polar surface area (TPSA) is 30.7 Å². The van der Waals surface area contributed by atoms with E-state index in [9.17, 15) is 4.39 Å². The molecule has 0 amide bonds. The normalized spacial score (nSPS) is 11.1. The van der Waals surface area contributed by atoms with E-state index >= 15 is 0 Å². The first-order valence-corrected chi connectivity index (χ1v) is 11.1. The molecule has 0 aliphatic heterocycles. The van der Waals surface area contributed by atoms with E-state index in [1.807, 2.05) is 18.2 Å². The van der Waals surface area contributed by atoms with Gasteiger partial charge >= 0.3 is 0 Å². The van der Waals surface area contributed by atoms with E-state index in [0.29, 0.717) is 6.54 Å². The standard InChI is InChI=1S/C26H20FN3S/c27-23-15-13-21(14-16-23)25-28-29-26(30(25)17-19-7-2-1-3-8-19)31-18-22-11-6-10-20-9-4-5-12-24(20)22/h1-16H,17-18H2. The minimum absolute atomic E-state index is 0.261. The van der Waals surface area contributed by atoms with E-state index < -0.39 is 0 Å². The van der Waals surface area contributed by atoms with Crippen LogP contribution in [0.4, 0.5) is 4.39 Å². The van der Waals surface area contributed by atoms with Gasteiger partial charge in [0.05, 0.1) is 6.54 Å². The minimum atomic E-state index is -0.261. The lowest BCUT2D eigenvalue weighted by atomic mass is 10.1. The lowest BCUT2D eigenvalue weighted by molar-refractivity contribution is 0.628. The van der Waals surface area contributed by atoms with Crippen LogP contribution in [0.2, 0.25) is 0 Å². The van der Waals surface area contributed by atoms with Gasteiger partial charge in [-0.3, -0.25) is 4.57 Å². The predicted octanol–water partition coefficient (Wildman–Crippen LogP) is 6.58. The monoisotopic (exact) mass is 425 g/mol. The second-order valence-electron chi connectivity index (χ2n) is 7.31. The zero-order chi connectivity index (χ0) is 21.0. The Bertz CT molecular complexity index is 1310. The number of rotatable bonds is 6. The van der Waals surface area contributed by atoms with Crippen LogP contribution in [0.1, 0.15) is 11.1 Å². The molecule has 0 N–H and O–H groups in total. The van der Waals surface area contributed by atoms with Crippen molar-refractivity contribution >= 4 is 22.5 Å². The van der Waals surface area contributed by atoms with Crippen molar-refractivity contribution in [3.8, 4) is 11.4 Å². The molecule has 5 heteroatoms. The van der Waals surface area contributed by atoms with Crippen LogP contribution in [0, 0.1) is 5.82 Å². The largest absolute Gasteiger partial charge is 0.298 e. The van der Waals surface area contributed by atoms with Gasteiger partial charge in [-0.2, -0.15) is 0 Å². The molecular formula is C26H20FN3S. The first kappa shape index (κ1) is 19.5. The number of halogens is 1. The van der Waals surface area contributed by atoms with Crippen LogP contribution in [0.3, 0.4) is 0 Å². The highest BCUT2D eigenvalue weighted by Crippen LogP contribution is 2.30. The highest BCUT2D eigenvalue weighted by Gasteiger charge is 2.15. The average molecular weight is 426 g/mol. The average Bonchev–Trinajstić information content (AvgIpc) is 3.21. The van der Waals surface area contributed by atoms with Gasteiger partial charge in [-0.25, -0.2) is 4.39 Å². The summed E-state index contributed by atoms with van der Waals surface area (Å²) < 4.78 is 15.6. The molecule has 0 unspecified atom stereocenters. The fourth-order valence-corrected chi connectivity index (χ4v) is 4.62. The molecule has 4 aromatic carbocycles. The second kappa shape index (κ2) is 8.74. The fourth-order valence-electron chi connectivity index (χ4n) is 3.68. The summed E-state index contributed by atoms with van der Waals surface area (Å²) in [7, 11) is 0. The fraction of sp³-hybridized carbons (Fsp3) is 0.0769. The van der Waals surface area contributed by atoms with E-state index in [1.165, 1.54) is 28.5 Å². The van der Waals surface area contributed by atoms with Crippen LogP contribution < -0.4 is 0 Å². The Morgan fingerprint density at radius 1 is 0.742 bits per heavy atom. The molecule has 3 nitrogen and oxygen atoms in total. The summed E-state index contributed by atoms with van der Waals surface area (Å²) in [5.74, 6) is 1.27. The molecule has 5 rings (SSSR count). The van der Waals surface area contributed by atoms with Gasteiger partial charge in [0.25, 0.3) is 0 Å². The number of thioether (sulfide) groups is 1. The molecule has 5 aromatic rings. The predicted molar refractivity (Wildman–Crippen MR) is 124 cm³/mol. The molecule has 0 saturated heterocycles. The van der Waals surface area contributed by atoms with Crippen LogP contribution in [0.5, 0.6) is 0 Å². The molecule has 0 radical (unpaired) electrons. The summed E-state index contributed by atoms with van der Waals surface area (Å²) in [5.41, 5.74) is 3.28. The summed E-state index contributed by atoms with van der Waals surface area (Å²) in [6.45, 7) is 0.651. The summed E-state index contributed by atoms with van der Waals surface area (Å²) >= 11 is 1.67. The first-order chi connectivity index (χ1) is 15.3. The number of nitrogens with zero attached hydrogens (tertiary/aromatic N) is 3. The highest BCUT2D eigenvalue weighted by molar-refractivity contribution is 7.98. The van der Waals surface area contributed by atoms with Crippen LogP contribution >= 0.6 is 11.8 Å². The van der Waals surface area contributed by atoms with Gasteiger partial charge in [-0.1, -0.05) is 84.6 Å². The summed E-state index contributed by atoms with van der Waals surface area (Å²) in [5, 5.41) is 12.3. The van der Waals surface area contributed by atoms with E-state index in [2.05, 4.69) is 69.4 Å². The lowest BCUT2D eigenvalue weighted by Gasteiger charge is -2.11. The van der Waals surface area contributed by atoms with Gasteiger partial charge in [-0.05, 0) is 46.2 Å². The zero-order valence-corrected chi connectivity index (χ0v) is 17.6. The van der Waals surface area contributed by atoms with Crippen molar-refractivity contribution in [2.75, 3.05) is 0 Å². The maximum atomic E-state index is 13.4. The van der Waals surface area contributed by atoms with Gasteiger partial charge < -0.3 is 0 Å². The Morgan fingerprint density at radius 2 is 1.48 bits per heavy atom. The third kappa shape index (κ3) is 4.23. The molecule has 1 heterocycles. The van der Waals surface area contributed by atoms with Gasteiger partial charge in [0.1, 0.15) is 5.82 Å². The number of hydrogen-bond acceptors (Lipinski definition) is 3. The van der Waals surface area contributed by atoms with E-state index in [-0.39, 0.29) is 5.82 Å². The third-order valence-corrected chi connectivity index (χ3v) is 6.26. The molecule has 31 heavy (non-hydrogen) atoms. The molecule has 0 bridgehead atoms. The number of benzene rings is 4. The Hall–Kier alpha value is -3.44. The lowest BCUT2D eigenvalue weighted by Crippen LogP contribution is -2.04. The van der Waals surface area contributed by atoms with Crippen molar-refractivity contribution in [1.29, 1.82) is 0 Å². The van der Waals surface area contributed by atoms with Crippen LogP contribution in [-0.4, -0.2) is 14.8 Å². The molecule has 0 saturated carbocycles. The zero-order valence-electron chi connectivity index (χ0n) is 16.8. The molecule has 0 aliphatic rings. The van der Waals surface area contributed by atoms with Crippen molar-refractivity contribution in [3.05, 3.63) is 114 Å². The Kier molecular flexibility index (Phi) is 5.50. The molecule has 1 aromatic heterocycles. The summed E-state index contributed by atoms with van der Waals surface area (Å²) in [6.07, 6.45) is 0. The van der Waals surface area contributed by atoms with Crippen LogP contribution in [-0.2, 0) is 12.3 Å². The van der Waals surface area contributed by atoms with E-state index in [1.54, 1.807) is 23.9 Å². The van der Waals surface area contributed by atoms with Gasteiger partial charge in [0.2, 0.25) is 0 Å². The summed E-state index contributed by atoms with van der Waals surface area (Å²) in [4.78, 5) is 0. The Labute approximate surface area is 184 Å². The van der Waals surface area contributed by atoms with E-state index in [4.69, 9.17) is 0 Å². The number of fused-ring (bicyclic) bond motifs is 1. The molecule has 0 aliphatic carbocycles. The second-order valence-corrected chi connectivity index (χ2v) is 8.25. The molecule has 0 atom stereocenters. The SMILES string of the molecule is Fc1ccc(-c2nnc(SCc3cccc4ccccc34)n2Cc2ccccc2)cc1. The molecule has 152 valence electrons. The quantitative estimate of drug-likeness (QED) is 0.288. The molecular weight excluding hydrogens is 405 g/mol.